The molecule has 0 spiro atoms. The first kappa shape index (κ1) is 16.8. The third-order valence-electron chi connectivity index (χ3n) is 4.74. The monoisotopic (exact) mass is 350 g/mol. The molecule has 3 N–H and O–H groups in total. The molecule has 2 aromatic heterocycles. The summed E-state index contributed by atoms with van der Waals surface area (Å²) in [7, 11) is 0. The number of benzene rings is 1. The molecule has 1 aromatic carbocycles. The van der Waals surface area contributed by atoms with E-state index in [2.05, 4.69) is 56.2 Å². The molecule has 0 unspecified atom stereocenters. The molecule has 0 amide bonds. The molecule has 1 aliphatic rings. The Kier molecular flexibility index (Phi) is 3.86. The van der Waals surface area contributed by atoms with Crippen molar-refractivity contribution in [1.82, 2.24) is 19.7 Å². The lowest BCUT2D eigenvalue weighted by Gasteiger charge is -2.20. The number of nitrogens with zero attached hydrogens (tertiary/aromatic N) is 4. The minimum Gasteiger partial charge on any atom is -0.383 e. The number of fused-ring (bicyclic) bond motifs is 1. The predicted octanol–water partition coefficient (Wildman–Crippen LogP) is 3.96. The third kappa shape index (κ3) is 3.11. The summed E-state index contributed by atoms with van der Waals surface area (Å²) in [4.78, 5) is 9.46. The quantitative estimate of drug-likeness (QED) is 0.744. The molecule has 1 aliphatic carbocycles. The van der Waals surface area contributed by atoms with Gasteiger partial charge in [0, 0.05) is 12.1 Å². The number of aromatic nitrogens is 4. The number of rotatable bonds is 4. The van der Waals surface area contributed by atoms with E-state index in [0.717, 1.165) is 29.1 Å². The van der Waals surface area contributed by atoms with Crippen molar-refractivity contribution in [1.29, 1.82) is 0 Å². The van der Waals surface area contributed by atoms with Crippen LogP contribution in [0.2, 0.25) is 0 Å². The smallest absolute Gasteiger partial charge is 0.225 e. The van der Waals surface area contributed by atoms with E-state index in [4.69, 9.17) is 15.8 Å². The molecule has 6 nitrogen and oxygen atoms in total. The number of anilines is 2. The van der Waals surface area contributed by atoms with Gasteiger partial charge in [-0.05, 0) is 52.5 Å². The van der Waals surface area contributed by atoms with E-state index in [1.165, 1.54) is 18.4 Å². The van der Waals surface area contributed by atoms with Gasteiger partial charge in [-0.2, -0.15) is 4.98 Å². The molecule has 6 heteroatoms. The molecule has 4 rings (SSSR count). The van der Waals surface area contributed by atoms with Crippen LogP contribution in [0.4, 0.5) is 11.8 Å². The van der Waals surface area contributed by atoms with Gasteiger partial charge in [0.15, 0.2) is 5.65 Å². The number of hydrogen-bond donors (Lipinski definition) is 2. The van der Waals surface area contributed by atoms with E-state index in [1.807, 2.05) is 10.7 Å². The van der Waals surface area contributed by atoms with Crippen molar-refractivity contribution in [2.24, 2.45) is 5.92 Å². The topological polar surface area (TPSA) is 81.7 Å². The van der Waals surface area contributed by atoms with Gasteiger partial charge in [-0.15, -0.1) is 5.10 Å². The maximum atomic E-state index is 6.48. The molecule has 2 heterocycles. The summed E-state index contributed by atoms with van der Waals surface area (Å²) in [5.41, 5.74) is 9.95. The van der Waals surface area contributed by atoms with E-state index in [-0.39, 0.29) is 5.54 Å². The molecule has 136 valence electrons. The number of hydrogen-bond acceptors (Lipinski definition) is 5. The Morgan fingerprint density at radius 3 is 2.65 bits per heavy atom. The molecule has 3 aromatic rings. The lowest BCUT2D eigenvalue weighted by atomic mass is 10.1. The van der Waals surface area contributed by atoms with Gasteiger partial charge >= 0.3 is 0 Å². The van der Waals surface area contributed by atoms with Crippen molar-refractivity contribution in [3.8, 4) is 11.3 Å². The zero-order chi connectivity index (χ0) is 18.5. The van der Waals surface area contributed by atoms with Crippen LogP contribution < -0.4 is 11.1 Å². The summed E-state index contributed by atoms with van der Waals surface area (Å²) in [6, 6.07) is 8.31. The summed E-state index contributed by atoms with van der Waals surface area (Å²) in [5.74, 6) is 1.98. The fourth-order valence-corrected chi connectivity index (χ4v) is 3.16. The summed E-state index contributed by atoms with van der Waals surface area (Å²) in [6.45, 7) is 9.24. The summed E-state index contributed by atoms with van der Waals surface area (Å²) in [6.07, 6.45) is 2.57. The maximum absolute atomic E-state index is 6.48. The molecule has 1 saturated carbocycles. The van der Waals surface area contributed by atoms with Gasteiger partial charge in [0.1, 0.15) is 5.82 Å². The van der Waals surface area contributed by atoms with Crippen LogP contribution in [0.25, 0.3) is 22.3 Å². The molecular weight excluding hydrogens is 324 g/mol. The first-order valence-corrected chi connectivity index (χ1v) is 9.20. The number of aryl methyl sites for hydroxylation is 1. The predicted molar refractivity (Wildman–Crippen MR) is 106 cm³/mol. The highest BCUT2D eigenvalue weighted by Gasteiger charge is 2.25. The standard InChI is InChI=1S/C20H26N6/c1-12-6-5-7-14(10-12)16-15-17(21)26(20(2,3)4)25-18(15)24-19(23-16)22-11-13-8-9-13/h5-7,10,13H,8-9,11,21H2,1-4H3,(H,22,24,25). The van der Waals surface area contributed by atoms with Crippen LogP contribution in [0, 0.1) is 12.8 Å². The Morgan fingerprint density at radius 2 is 2.00 bits per heavy atom. The van der Waals surface area contributed by atoms with E-state index in [9.17, 15) is 0 Å². The summed E-state index contributed by atoms with van der Waals surface area (Å²) >= 11 is 0. The van der Waals surface area contributed by atoms with E-state index in [1.54, 1.807) is 0 Å². The average molecular weight is 350 g/mol. The molecule has 0 bridgehead atoms. The van der Waals surface area contributed by atoms with Gasteiger partial charge < -0.3 is 11.1 Å². The SMILES string of the molecule is Cc1cccc(-c2nc(NCC3CC3)nc3nn(C(C)(C)C)c(N)c23)c1. The van der Waals surface area contributed by atoms with Crippen molar-refractivity contribution in [2.45, 2.75) is 46.1 Å². The van der Waals surface area contributed by atoms with Crippen LogP contribution in [-0.2, 0) is 5.54 Å². The van der Waals surface area contributed by atoms with Crippen molar-refractivity contribution in [3.63, 3.8) is 0 Å². The molecule has 0 radical (unpaired) electrons. The number of nitrogen functional groups attached to an aromatic ring is 1. The Hall–Kier alpha value is -2.63. The second-order valence-electron chi connectivity index (χ2n) is 8.26. The van der Waals surface area contributed by atoms with Crippen LogP contribution in [0.15, 0.2) is 24.3 Å². The van der Waals surface area contributed by atoms with Crippen molar-refractivity contribution in [2.75, 3.05) is 17.6 Å². The van der Waals surface area contributed by atoms with Crippen LogP contribution in [0.5, 0.6) is 0 Å². The van der Waals surface area contributed by atoms with Crippen molar-refractivity contribution in [3.05, 3.63) is 29.8 Å². The molecule has 0 aliphatic heterocycles. The van der Waals surface area contributed by atoms with Gasteiger partial charge in [0.25, 0.3) is 0 Å². The van der Waals surface area contributed by atoms with Crippen LogP contribution in [-0.4, -0.2) is 26.3 Å². The Morgan fingerprint density at radius 1 is 1.23 bits per heavy atom. The van der Waals surface area contributed by atoms with Gasteiger partial charge in [-0.1, -0.05) is 23.8 Å². The van der Waals surface area contributed by atoms with Crippen molar-refractivity contribution < 1.29 is 0 Å². The van der Waals surface area contributed by atoms with Gasteiger partial charge in [-0.3, -0.25) is 0 Å². The van der Waals surface area contributed by atoms with Gasteiger partial charge in [-0.25, -0.2) is 9.67 Å². The minimum absolute atomic E-state index is 0.226. The zero-order valence-corrected chi connectivity index (χ0v) is 15.9. The van der Waals surface area contributed by atoms with E-state index >= 15 is 0 Å². The zero-order valence-electron chi connectivity index (χ0n) is 15.9. The number of nitrogens with one attached hydrogen (secondary N) is 1. The normalized spacial score (nSPS) is 14.8. The lowest BCUT2D eigenvalue weighted by molar-refractivity contribution is 0.364. The van der Waals surface area contributed by atoms with Crippen LogP contribution in [0.1, 0.15) is 39.2 Å². The highest BCUT2D eigenvalue weighted by molar-refractivity contribution is 5.99. The maximum Gasteiger partial charge on any atom is 0.225 e. The Bertz CT molecular complexity index is 962. The summed E-state index contributed by atoms with van der Waals surface area (Å²) in [5, 5.41) is 8.90. The fraction of sp³-hybridized carbons (Fsp3) is 0.450. The Balaban J connectivity index is 1.91. The number of nitrogens with two attached hydrogens (primary N) is 1. The van der Waals surface area contributed by atoms with Crippen LogP contribution >= 0.6 is 0 Å². The molecular formula is C20H26N6. The Labute approximate surface area is 153 Å². The van der Waals surface area contributed by atoms with E-state index in [0.29, 0.717) is 17.4 Å². The summed E-state index contributed by atoms with van der Waals surface area (Å²) < 4.78 is 1.84. The van der Waals surface area contributed by atoms with Crippen LogP contribution in [0.3, 0.4) is 0 Å². The van der Waals surface area contributed by atoms with E-state index < -0.39 is 0 Å². The minimum atomic E-state index is -0.226. The van der Waals surface area contributed by atoms with Crippen molar-refractivity contribution >= 4 is 22.8 Å². The molecule has 1 fully saturated rings. The second kappa shape index (κ2) is 5.97. The van der Waals surface area contributed by atoms with Gasteiger partial charge in [0.2, 0.25) is 5.95 Å². The largest absolute Gasteiger partial charge is 0.383 e. The highest BCUT2D eigenvalue weighted by Crippen LogP contribution is 2.34. The molecule has 0 saturated heterocycles. The third-order valence-corrected chi connectivity index (χ3v) is 4.74. The first-order chi connectivity index (χ1) is 12.3. The van der Waals surface area contributed by atoms with Gasteiger partial charge in [0.05, 0.1) is 16.6 Å². The average Bonchev–Trinajstić information content (AvgIpc) is 3.34. The second-order valence-corrected chi connectivity index (χ2v) is 8.26. The first-order valence-electron chi connectivity index (χ1n) is 9.20. The molecule has 0 atom stereocenters. The molecule has 26 heavy (non-hydrogen) atoms. The highest BCUT2D eigenvalue weighted by atomic mass is 15.4. The lowest BCUT2D eigenvalue weighted by Crippen LogP contribution is -2.24. The fourth-order valence-electron chi connectivity index (χ4n) is 3.16.